The molecule has 0 saturated heterocycles. The van der Waals surface area contributed by atoms with Crippen molar-refractivity contribution in [3.8, 4) is 0 Å². The lowest BCUT2D eigenvalue weighted by molar-refractivity contribution is -0.133. The molecule has 0 fully saturated rings. The standard InChI is InChI=1S/C17H21NO4/c1-17(2,3)22-16(21)18(11-12-7-5-4-6-8-12)14-10-9-13(14)15(19)20/h4-8H,9-11H2,1-3H3,(H,19,20). The van der Waals surface area contributed by atoms with Crippen molar-refractivity contribution in [2.45, 2.75) is 45.8 Å². The third-order valence-corrected chi connectivity index (χ3v) is 3.34. The van der Waals surface area contributed by atoms with Crippen molar-refractivity contribution in [1.29, 1.82) is 0 Å². The van der Waals surface area contributed by atoms with E-state index < -0.39 is 17.7 Å². The van der Waals surface area contributed by atoms with Crippen molar-refractivity contribution in [2.24, 2.45) is 0 Å². The summed E-state index contributed by atoms with van der Waals surface area (Å²) in [6.07, 6.45) is 0.553. The number of carbonyl (C=O) groups excluding carboxylic acids is 1. The van der Waals surface area contributed by atoms with Crippen molar-refractivity contribution in [2.75, 3.05) is 0 Å². The van der Waals surface area contributed by atoms with E-state index in [2.05, 4.69) is 0 Å². The van der Waals surface area contributed by atoms with Crippen LogP contribution in [0.2, 0.25) is 0 Å². The van der Waals surface area contributed by atoms with Crippen LogP contribution in [0.25, 0.3) is 0 Å². The number of rotatable bonds is 4. The van der Waals surface area contributed by atoms with Gasteiger partial charge in [0.25, 0.3) is 0 Å². The molecule has 5 heteroatoms. The number of carbonyl (C=O) groups is 2. The molecule has 5 nitrogen and oxygen atoms in total. The van der Waals surface area contributed by atoms with Crippen LogP contribution in [0.1, 0.15) is 39.2 Å². The molecular formula is C17H21NO4. The summed E-state index contributed by atoms with van der Waals surface area (Å²) in [6.45, 7) is 5.68. The second-order valence-corrected chi connectivity index (χ2v) is 6.28. The molecule has 0 radical (unpaired) electrons. The van der Waals surface area contributed by atoms with Gasteiger partial charge in [-0.05, 0) is 39.2 Å². The average Bonchev–Trinajstić information content (AvgIpc) is 2.35. The Kier molecular flexibility index (Phi) is 4.54. The fraction of sp³-hybridized carbons (Fsp3) is 0.412. The predicted molar refractivity (Wildman–Crippen MR) is 82.1 cm³/mol. The largest absolute Gasteiger partial charge is 0.478 e. The summed E-state index contributed by atoms with van der Waals surface area (Å²) >= 11 is 0. The molecule has 118 valence electrons. The molecule has 1 aromatic carbocycles. The van der Waals surface area contributed by atoms with E-state index in [1.807, 2.05) is 30.3 Å². The summed E-state index contributed by atoms with van der Waals surface area (Å²) in [4.78, 5) is 25.1. The second kappa shape index (κ2) is 6.22. The highest BCUT2D eigenvalue weighted by molar-refractivity contribution is 5.90. The van der Waals surface area contributed by atoms with Crippen LogP contribution >= 0.6 is 0 Å². The van der Waals surface area contributed by atoms with Crippen LogP contribution in [0.4, 0.5) is 4.79 Å². The highest BCUT2D eigenvalue weighted by atomic mass is 16.6. The lowest BCUT2D eigenvalue weighted by Gasteiger charge is -2.33. The first-order valence-corrected chi connectivity index (χ1v) is 7.27. The number of aliphatic carboxylic acids is 1. The molecule has 1 N–H and O–H groups in total. The van der Waals surface area contributed by atoms with Crippen LogP contribution in [-0.2, 0) is 16.1 Å². The number of hydrogen-bond donors (Lipinski definition) is 1. The fourth-order valence-electron chi connectivity index (χ4n) is 2.24. The quantitative estimate of drug-likeness (QED) is 0.923. The molecule has 1 amide bonds. The van der Waals surface area contributed by atoms with Gasteiger partial charge in [-0.25, -0.2) is 9.59 Å². The van der Waals surface area contributed by atoms with Gasteiger partial charge in [-0.15, -0.1) is 0 Å². The minimum absolute atomic E-state index is 0.293. The highest BCUT2D eigenvalue weighted by Gasteiger charge is 2.33. The van der Waals surface area contributed by atoms with Gasteiger partial charge in [0.05, 0.1) is 12.1 Å². The maximum absolute atomic E-state index is 12.4. The second-order valence-electron chi connectivity index (χ2n) is 6.28. The van der Waals surface area contributed by atoms with Gasteiger partial charge in [-0.1, -0.05) is 30.3 Å². The third kappa shape index (κ3) is 3.87. The summed E-state index contributed by atoms with van der Waals surface area (Å²) in [6, 6.07) is 9.46. The Morgan fingerprint density at radius 1 is 1.18 bits per heavy atom. The molecule has 0 saturated carbocycles. The van der Waals surface area contributed by atoms with Crippen LogP contribution in [-0.4, -0.2) is 27.7 Å². The van der Waals surface area contributed by atoms with Crippen LogP contribution in [0.15, 0.2) is 41.6 Å². The van der Waals surface area contributed by atoms with E-state index in [4.69, 9.17) is 4.74 Å². The van der Waals surface area contributed by atoms with Gasteiger partial charge >= 0.3 is 12.1 Å². The lowest BCUT2D eigenvalue weighted by Crippen LogP contribution is -2.39. The van der Waals surface area contributed by atoms with Crippen LogP contribution in [0, 0.1) is 0 Å². The number of nitrogens with zero attached hydrogens (tertiary/aromatic N) is 1. The van der Waals surface area contributed by atoms with Crippen LogP contribution < -0.4 is 0 Å². The first kappa shape index (κ1) is 16.1. The zero-order valence-corrected chi connectivity index (χ0v) is 13.1. The topological polar surface area (TPSA) is 66.8 Å². The van der Waals surface area contributed by atoms with Crippen molar-refractivity contribution < 1.29 is 19.4 Å². The number of carboxylic acid groups (broad SMARTS) is 1. The molecule has 0 spiro atoms. The van der Waals surface area contributed by atoms with Gasteiger partial charge in [-0.3, -0.25) is 4.90 Å². The Morgan fingerprint density at radius 2 is 1.82 bits per heavy atom. The molecule has 1 aliphatic carbocycles. The number of hydrogen-bond acceptors (Lipinski definition) is 3. The minimum atomic E-state index is -0.970. The highest BCUT2D eigenvalue weighted by Crippen LogP contribution is 2.33. The molecule has 0 aromatic heterocycles. The predicted octanol–water partition coefficient (Wildman–Crippen LogP) is 3.56. The fourth-order valence-corrected chi connectivity index (χ4v) is 2.24. The summed E-state index contributed by atoms with van der Waals surface area (Å²) in [7, 11) is 0. The number of benzene rings is 1. The van der Waals surface area contributed by atoms with Gasteiger partial charge in [-0.2, -0.15) is 0 Å². The van der Waals surface area contributed by atoms with E-state index >= 15 is 0 Å². The number of allylic oxidation sites excluding steroid dienone is 1. The van der Waals surface area contributed by atoms with Gasteiger partial charge in [0.2, 0.25) is 0 Å². The Morgan fingerprint density at radius 3 is 2.27 bits per heavy atom. The van der Waals surface area contributed by atoms with Crippen LogP contribution in [0.3, 0.4) is 0 Å². The summed E-state index contributed by atoms with van der Waals surface area (Å²) < 4.78 is 5.42. The molecule has 0 aliphatic heterocycles. The zero-order chi connectivity index (χ0) is 16.3. The molecule has 0 bridgehead atoms. The Hall–Kier alpha value is -2.30. The normalized spacial score (nSPS) is 14.3. The Bertz CT molecular complexity index is 599. The van der Waals surface area contributed by atoms with Crippen molar-refractivity contribution in [3.05, 3.63) is 47.2 Å². The van der Waals surface area contributed by atoms with E-state index in [-0.39, 0.29) is 0 Å². The summed E-state index contributed by atoms with van der Waals surface area (Å²) in [5.74, 6) is -0.970. The lowest BCUT2D eigenvalue weighted by atomic mass is 9.93. The van der Waals surface area contributed by atoms with E-state index in [0.29, 0.717) is 30.7 Å². The van der Waals surface area contributed by atoms with E-state index in [0.717, 1.165) is 5.56 Å². The number of carboxylic acids is 1. The molecule has 1 aliphatic rings. The van der Waals surface area contributed by atoms with E-state index in [1.54, 1.807) is 20.8 Å². The minimum Gasteiger partial charge on any atom is -0.478 e. The van der Waals surface area contributed by atoms with Gasteiger partial charge in [0.1, 0.15) is 5.60 Å². The first-order valence-electron chi connectivity index (χ1n) is 7.27. The van der Waals surface area contributed by atoms with Gasteiger partial charge in [0, 0.05) is 5.70 Å². The monoisotopic (exact) mass is 303 g/mol. The maximum atomic E-state index is 12.4. The zero-order valence-electron chi connectivity index (χ0n) is 13.1. The van der Waals surface area contributed by atoms with Gasteiger partial charge in [0.15, 0.2) is 0 Å². The van der Waals surface area contributed by atoms with Crippen LogP contribution in [0.5, 0.6) is 0 Å². The summed E-state index contributed by atoms with van der Waals surface area (Å²) in [5, 5.41) is 9.20. The first-order chi connectivity index (χ1) is 10.3. The molecule has 0 atom stereocenters. The molecule has 1 aromatic rings. The van der Waals surface area contributed by atoms with Crippen molar-refractivity contribution >= 4 is 12.1 Å². The van der Waals surface area contributed by atoms with Crippen molar-refractivity contribution in [3.63, 3.8) is 0 Å². The third-order valence-electron chi connectivity index (χ3n) is 3.34. The molecule has 2 rings (SSSR count). The maximum Gasteiger partial charge on any atom is 0.414 e. The molecule has 0 unspecified atom stereocenters. The van der Waals surface area contributed by atoms with Gasteiger partial charge < -0.3 is 9.84 Å². The smallest absolute Gasteiger partial charge is 0.414 e. The SMILES string of the molecule is CC(C)(C)OC(=O)N(Cc1ccccc1)C1=C(C(=O)O)CC1. The van der Waals surface area contributed by atoms with E-state index in [1.165, 1.54) is 4.90 Å². The average molecular weight is 303 g/mol. The number of amides is 1. The van der Waals surface area contributed by atoms with Crippen molar-refractivity contribution in [1.82, 2.24) is 4.90 Å². The number of ether oxygens (including phenoxy) is 1. The van der Waals surface area contributed by atoms with E-state index in [9.17, 15) is 14.7 Å². The molecule has 0 heterocycles. The Balaban J connectivity index is 2.27. The Labute approximate surface area is 130 Å². The molecule has 22 heavy (non-hydrogen) atoms. The summed E-state index contributed by atoms with van der Waals surface area (Å²) in [5.41, 5.74) is 1.14. The molecular weight excluding hydrogens is 282 g/mol.